The minimum Gasteiger partial charge on any atom is -0.392 e. The van der Waals surface area contributed by atoms with Crippen LogP contribution in [0.3, 0.4) is 0 Å². The lowest BCUT2D eigenvalue weighted by molar-refractivity contribution is 0.282. The maximum atomic E-state index is 9.49. The molecule has 2 nitrogen and oxygen atoms in total. The minimum absolute atomic E-state index is 0.0776. The number of anilines is 1. The molecule has 2 rings (SSSR count). The molecule has 0 radical (unpaired) electrons. The SMILES string of the molecule is CC(C)N(Cc1ccccc1)c1ccccc1CO. The van der Waals surface area contributed by atoms with Gasteiger partial charge in [0, 0.05) is 23.8 Å². The van der Waals surface area contributed by atoms with Crippen LogP contribution in [0.1, 0.15) is 25.0 Å². The second-order valence-corrected chi connectivity index (χ2v) is 4.99. The van der Waals surface area contributed by atoms with Gasteiger partial charge in [0.25, 0.3) is 0 Å². The maximum Gasteiger partial charge on any atom is 0.0702 e. The lowest BCUT2D eigenvalue weighted by atomic mass is 10.1. The molecule has 1 N–H and O–H groups in total. The average molecular weight is 255 g/mol. The smallest absolute Gasteiger partial charge is 0.0702 e. The summed E-state index contributed by atoms with van der Waals surface area (Å²) in [5.41, 5.74) is 3.37. The Hall–Kier alpha value is -1.80. The van der Waals surface area contributed by atoms with Crippen molar-refractivity contribution in [2.24, 2.45) is 0 Å². The van der Waals surface area contributed by atoms with Crippen LogP contribution >= 0.6 is 0 Å². The first-order valence-electron chi connectivity index (χ1n) is 6.71. The molecule has 0 aromatic heterocycles. The Bertz CT molecular complexity index is 508. The molecule has 2 heteroatoms. The van der Waals surface area contributed by atoms with Crippen molar-refractivity contribution in [3.8, 4) is 0 Å². The zero-order chi connectivity index (χ0) is 13.7. The topological polar surface area (TPSA) is 23.5 Å². The number of aliphatic hydroxyl groups is 1. The van der Waals surface area contributed by atoms with Crippen molar-refractivity contribution < 1.29 is 5.11 Å². The van der Waals surface area contributed by atoms with E-state index in [4.69, 9.17) is 0 Å². The van der Waals surface area contributed by atoms with E-state index in [0.29, 0.717) is 6.04 Å². The zero-order valence-electron chi connectivity index (χ0n) is 11.6. The molecule has 0 aliphatic rings. The molecule has 0 unspecified atom stereocenters. The quantitative estimate of drug-likeness (QED) is 0.882. The van der Waals surface area contributed by atoms with Crippen LogP contribution in [0.15, 0.2) is 54.6 Å². The van der Waals surface area contributed by atoms with Crippen LogP contribution in [-0.2, 0) is 13.2 Å². The first-order chi connectivity index (χ1) is 9.22. The third-order valence-electron chi connectivity index (χ3n) is 3.29. The Labute approximate surface area is 115 Å². The highest BCUT2D eigenvalue weighted by molar-refractivity contribution is 5.54. The van der Waals surface area contributed by atoms with Gasteiger partial charge in [-0.1, -0.05) is 48.5 Å². The predicted octanol–water partition coefficient (Wildman–Crippen LogP) is 3.59. The molecular weight excluding hydrogens is 234 g/mol. The summed E-state index contributed by atoms with van der Waals surface area (Å²) in [6.45, 7) is 5.29. The van der Waals surface area contributed by atoms with Gasteiger partial charge < -0.3 is 10.0 Å². The highest BCUT2D eigenvalue weighted by Gasteiger charge is 2.14. The molecule has 2 aromatic carbocycles. The Kier molecular flexibility index (Phi) is 4.58. The van der Waals surface area contributed by atoms with Crippen LogP contribution in [0.25, 0.3) is 0 Å². The summed E-state index contributed by atoms with van der Waals surface area (Å²) in [5.74, 6) is 0. The van der Waals surface area contributed by atoms with E-state index in [1.807, 2.05) is 24.3 Å². The van der Waals surface area contributed by atoms with Gasteiger partial charge in [-0.15, -0.1) is 0 Å². The van der Waals surface area contributed by atoms with Crippen LogP contribution in [0.2, 0.25) is 0 Å². The number of rotatable bonds is 5. The van der Waals surface area contributed by atoms with Gasteiger partial charge in [0.2, 0.25) is 0 Å². The summed E-state index contributed by atoms with van der Waals surface area (Å²) in [4.78, 5) is 2.32. The number of hydrogen-bond donors (Lipinski definition) is 1. The molecule has 0 aliphatic heterocycles. The fourth-order valence-electron chi connectivity index (χ4n) is 2.25. The van der Waals surface area contributed by atoms with E-state index in [-0.39, 0.29) is 6.61 Å². The molecule has 0 bridgehead atoms. The molecule has 0 spiro atoms. The Morgan fingerprint density at radius 1 is 0.947 bits per heavy atom. The highest BCUT2D eigenvalue weighted by atomic mass is 16.3. The first kappa shape index (κ1) is 13.6. The lowest BCUT2D eigenvalue weighted by Gasteiger charge is -2.31. The summed E-state index contributed by atoms with van der Waals surface area (Å²) in [6.07, 6.45) is 0. The molecule has 0 saturated heterocycles. The molecule has 0 saturated carbocycles. The highest BCUT2D eigenvalue weighted by Crippen LogP contribution is 2.24. The number of aliphatic hydroxyl groups excluding tert-OH is 1. The van der Waals surface area contributed by atoms with E-state index >= 15 is 0 Å². The lowest BCUT2D eigenvalue weighted by Crippen LogP contribution is -2.31. The van der Waals surface area contributed by atoms with Crippen LogP contribution < -0.4 is 4.90 Å². The standard InChI is InChI=1S/C17H21NO/c1-14(2)18(12-15-8-4-3-5-9-15)17-11-7-6-10-16(17)13-19/h3-11,14,19H,12-13H2,1-2H3. The maximum absolute atomic E-state index is 9.49. The Morgan fingerprint density at radius 3 is 2.21 bits per heavy atom. The summed E-state index contributed by atoms with van der Waals surface area (Å²) < 4.78 is 0. The number of para-hydroxylation sites is 1. The summed E-state index contributed by atoms with van der Waals surface area (Å²) in [6, 6.07) is 18.9. The third-order valence-corrected chi connectivity index (χ3v) is 3.29. The van der Waals surface area contributed by atoms with E-state index < -0.39 is 0 Å². The van der Waals surface area contributed by atoms with Gasteiger partial charge in [0.1, 0.15) is 0 Å². The van der Waals surface area contributed by atoms with Gasteiger partial charge in [-0.05, 0) is 25.5 Å². The number of nitrogens with zero attached hydrogens (tertiary/aromatic N) is 1. The minimum atomic E-state index is 0.0776. The predicted molar refractivity (Wildman–Crippen MR) is 80.1 cm³/mol. The second kappa shape index (κ2) is 6.39. The van der Waals surface area contributed by atoms with Crippen molar-refractivity contribution in [2.45, 2.75) is 33.0 Å². The third kappa shape index (κ3) is 3.36. The molecule has 0 atom stereocenters. The van der Waals surface area contributed by atoms with E-state index in [1.54, 1.807) is 0 Å². The van der Waals surface area contributed by atoms with E-state index in [1.165, 1.54) is 5.56 Å². The van der Waals surface area contributed by atoms with Gasteiger partial charge in [-0.25, -0.2) is 0 Å². The van der Waals surface area contributed by atoms with Crippen LogP contribution in [-0.4, -0.2) is 11.1 Å². The second-order valence-electron chi connectivity index (χ2n) is 4.99. The molecular formula is C17H21NO. The van der Waals surface area contributed by atoms with Crippen LogP contribution in [0.5, 0.6) is 0 Å². The van der Waals surface area contributed by atoms with E-state index in [9.17, 15) is 5.11 Å². The largest absolute Gasteiger partial charge is 0.392 e. The summed E-state index contributed by atoms with van der Waals surface area (Å²) in [7, 11) is 0. The molecule has 19 heavy (non-hydrogen) atoms. The van der Waals surface area contributed by atoms with E-state index in [2.05, 4.69) is 49.1 Å². The Morgan fingerprint density at radius 2 is 1.58 bits per heavy atom. The van der Waals surface area contributed by atoms with E-state index in [0.717, 1.165) is 17.8 Å². The molecule has 0 heterocycles. The van der Waals surface area contributed by atoms with Gasteiger partial charge in [0.15, 0.2) is 0 Å². The van der Waals surface area contributed by atoms with Crippen molar-refractivity contribution in [3.63, 3.8) is 0 Å². The van der Waals surface area contributed by atoms with Gasteiger partial charge in [-0.3, -0.25) is 0 Å². The van der Waals surface area contributed by atoms with Gasteiger partial charge >= 0.3 is 0 Å². The van der Waals surface area contributed by atoms with Gasteiger partial charge in [-0.2, -0.15) is 0 Å². The van der Waals surface area contributed by atoms with Crippen LogP contribution in [0, 0.1) is 0 Å². The Balaban J connectivity index is 2.30. The van der Waals surface area contributed by atoms with Crippen molar-refractivity contribution in [1.29, 1.82) is 0 Å². The molecule has 0 aliphatic carbocycles. The van der Waals surface area contributed by atoms with Crippen molar-refractivity contribution in [2.75, 3.05) is 4.90 Å². The average Bonchev–Trinajstić information content (AvgIpc) is 2.45. The normalized spacial score (nSPS) is 10.7. The molecule has 2 aromatic rings. The van der Waals surface area contributed by atoms with Crippen molar-refractivity contribution >= 4 is 5.69 Å². The van der Waals surface area contributed by atoms with Crippen LogP contribution in [0.4, 0.5) is 5.69 Å². The molecule has 100 valence electrons. The fraction of sp³-hybridized carbons (Fsp3) is 0.294. The number of hydrogen-bond acceptors (Lipinski definition) is 2. The zero-order valence-corrected chi connectivity index (χ0v) is 11.6. The molecule has 0 fully saturated rings. The van der Waals surface area contributed by atoms with Gasteiger partial charge in [0.05, 0.1) is 6.61 Å². The monoisotopic (exact) mass is 255 g/mol. The summed E-state index contributed by atoms with van der Waals surface area (Å²) >= 11 is 0. The molecule has 0 amide bonds. The summed E-state index contributed by atoms with van der Waals surface area (Å²) in [5, 5.41) is 9.49. The van der Waals surface area contributed by atoms with Crippen molar-refractivity contribution in [1.82, 2.24) is 0 Å². The van der Waals surface area contributed by atoms with Crippen molar-refractivity contribution in [3.05, 3.63) is 65.7 Å². The first-order valence-corrected chi connectivity index (χ1v) is 6.71. The number of benzene rings is 2. The fourth-order valence-corrected chi connectivity index (χ4v) is 2.25.